The lowest BCUT2D eigenvalue weighted by Gasteiger charge is -2.49. The molecule has 27 heavy (non-hydrogen) atoms. The molecule has 1 aromatic rings. The van der Waals surface area contributed by atoms with E-state index in [1.807, 2.05) is 0 Å². The predicted molar refractivity (Wildman–Crippen MR) is 99.3 cm³/mol. The van der Waals surface area contributed by atoms with Crippen molar-refractivity contribution in [2.45, 2.75) is 18.3 Å². The van der Waals surface area contributed by atoms with Gasteiger partial charge in [0.2, 0.25) is 0 Å². The van der Waals surface area contributed by atoms with Crippen molar-refractivity contribution < 1.29 is 24.7 Å². The summed E-state index contributed by atoms with van der Waals surface area (Å²) in [6, 6.07) is -0.934. The lowest BCUT2D eigenvalue weighted by atomic mass is 10.0. The van der Waals surface area contributed by atoms with E-state index in [0.29, 0.717) is 11.3 Å². The maximum Gasteiger partial charge on any atom is 0.352 e. The number of thioether (sulfide) groups is 1. The molecule has 2 atom stereocenters. The number of carbonyl (C=O) groups excluding carboxylic acids is 2. The number of allylic oxidation sites excluding steroid dienone is 2. The molecule has 0 aliphatic carbocycles. The number of aliphatic carboxylic acids is 1. The molecule has 2 aliphatic heterocycles. The first-order chi connectivity index (χ1) is 12.9. The summed E-state index contributed by atoms with van der Waals surface area (Å²) < 4.78 is 0. The number of rotatable bonds is 5. The van der Waals surface area contributed by atoms with Gasteiger partial charge in [-0.3, -0.25) is 14.5 Å². The van der Waals surface area contributed by atoms with E-state index in [4.69, 9.17) is 10.9 Å². The van der Waals surface area contributed by atoms with Crippen LogP contribution in [0.1, 0.15) is 12.6 Å². The molecule has 1 aromatic heterocycles. The first-order valence-corrected chi connectivity index (χ1v) is 9.60. The van der Waals surface area contributed by atoms with Gasteiger partial charge < -0.3 is 21.4 Å². The van der Waals surface area contributed by atoms with Crippen LogP contribution in [0.3, 0.4) is 0 Å². The summed E-state index contributed by atoms with van der Waals surface area (Å²) in [6.45, 7) is 1.76. The second-order valence-electron chi connectivity index (χ2n) is 5.56. The van der Waals surface area contributed by atoms with E-state index in [-0.39, 0.29) is 22.2 Å². The van der Waals surface area contributed by atoms with Crippen molar-refractivity contribution in [1.82, 2.24) is 15.2 Å². The number of hydrogen-bond donors (Lipinski definition) is 4. The average Bonchev–Trinajstić information content (AvgIpc) is 3.05. The standard InChI is InChI=1S/C15H15N5O5S2/c1-2-3-6-4-26-13-9(12(22)20(13)10(6)14(23)24)18-11(21)8(19-25)7-5-27-15(16)17-7/h2-3,5,9,13,25H,4H2,1H3,(H2,16,17)(H,18,21)(H,23,24)/b3-2-,19-8-/t9?,13-/m1/s1. The molecule has 0 aromatic carbocycles. The molecule has 1 fully saturated rings. The molecular formula is C15H15N5O5S2. The molecule has 10 nitrogen and oxygen atoms in total. The Morgan fingerprint density at radius 3 is 2.81 bits per heavy atom. The number of carboxylic acid groups (broad SMARTS) is 1. The summed E-state index contributed by atoms with van der Waals surface area (Å²) in [6.07, 6.45) is 3.35. The minimum absolute atomic E-state index is 0.0823. The molecule has 3 rings (SSSR count). The second kappa shape index (κ2) is 7.40. The Hall–Kier alpha value is -2.86. The number of aromatic nitrogens is 1. The first kappa shape index (κ1) is 18.9. The molecule has 2 aliphatic rings. The molecule has 0 spiro atoms. The quantitative estimate of drug-likeness (QED) is 0.233. The number of amides is 2. The number of oxime groups is 1. The predicted octanol–water partition coefficient (Wildman–Crippen LogP) is 0.218. The van der Waals surface area contributed by atoms with E-state index in [9.17, 15) is 19.5 Å². The third-order valence-corrected chi connectivity index (χ3v) is 5.91. The summed E-state index contributed by atoms with van der Waals surface area (Å²) in [5.74, 6) is -2.17. The number of nitrogens with one attached hydrogen (secondary N) is 1. The number of fused-ring (bicyclic) bond motifs is 1. The number of carboxylic acids is 1. The summed E-state index contributed by atoms with van der Waals surface area (Å²) in [5.41, 5.74) is 5.66. The number of β-lactam (4-membered cyclic amide) rings is 1. The Labute approximate surface area is 161 Å². The maximum absolute atomic E-state index is 12.5. The minimum atomic E-state index is -1.21. The van der Waals surface area contributed by atoms with Crippen molar-refractivity contribution >= 4 is 51.7 Å². The SMILES string of the molecule is C/C=C\C1=C(C(=O)O)N2C(=O)C(NC(=O)/C(=N\O)c3csc(N)n3)[C@H]2SC1. The Balaban J connectivity index is 1.79. The highest BCUT2D eigenvalue weighted by Crippen LogP contribution is 2.40. The molecule has 142 valence electrons. The number of nitrogens with zero attached hydrogens (tertiary/aromatic N) is 3. The zero-order valence-electron chi connectivity index (χ0n) is 13.9. The highest BCUT2D eigenvalue weighted by atomic mass is 32.2. The summed E-state index contributed by atoms with van der Waals surface area (Å²) in [7, 11) is 0. The van der Waals surface area contributed by atoms with Crippen LogP contribution in [0.2, 0.25) is 0 Å². The van der Waals surface area contributed by atoms with Gasteiger partial charge in [-0.15, -0.1) is 23.1 Å². The van der Waals surface area contributed by atoms with Crippen molar-refractivity contribution in [2.24, 2.45) is 5.16 Å². The second-order valence-corrected chi connectivity index (χ2v) is 7.55. The van der Waals surface area contributed by atoms with Gasteiger partial charge in [-0.05, 0) is 12.5 Å². The Bertz CT molecular complexity index is 906. The van der Waals surface area contributed by atoms with E-state index in [2.05, 4.69) is 15.5 Å². The van der Waals surface area contributed by atoms with Crippen LogP contribution in [-0.2, 0) is 14.4 Å². The third-order valence-electron chi connectivity index (χ3n) is 3.93. The van der Waals surface area contributed by atoms with Crippen molar-refractivity contribution in [1.29, 1.82) is 0 Å². The van der Waals surface area contributed by atoms with Crippen LogP contribution in [0.15, 0.2) is 34.0 Å². The number of nitrogens with two attached hydrogens (primary N) is 1. The van der Waals surface area contributed by atoms with Crippen molar-refractivity contribution in [3.63, 3.8) is 0 Å². The smallest absolute Gasteiger partial charge is 0.352 e. The molecule has 0 radical (unpaired) electrons. The van der Waals surface area contributed by atoms with E-state index in [1.165, 1.54) is 17.1 Å². The Morgan fingerprint density at radius 1 is 1.52 bits per heavy atom. The Kier molecular flexibility index (Phi) is 5.19. The third kappa shape index (κ3) is 3.28. The lowest BCUT2D eigenvalue weighted by Crippen LogP contribution is -2.71. The van der Waals surface area contributed by atoms with Gasteiger partial charge in [-0.1, -0.05) is 17.3 Å². The van der Waals surface area contributed by atoms with E-state index >= 15 is 0 Å². The van der Waals surface area contributed by atoms with Crippen LogP contribution in [0.4, 0.5) is 5.13 Å². The van der Waals surface area contributed by atoms with Crippen LogP contribution < -0.4 is 11.1 Å². The fourth-order valence-electron chi connectivity index (χ4n) is 2.79. The molecule has 1 saturated heterocycles. The first-order valence-electron chi connectivity index (χ1n) is 7.67. The van der Waals surface area contributed by atoms with Gasteiger partial charge in [0.15, 0.2) is 10.8 Å². The normalized spacial score (nSPS) is 22.6. The maximum atomic E-state index is 12.5. The highest BCUT2D eigenvalue weighted by Gasteiger charge is 2.54. The van der Waals surface area contributed by atoms with Gasteiger partial charge in [0.05, 0.1) is 0 Å². The van der Waals surface area contributed by atoms with Gasteiger partial charge in [-0.2, -0.15) is 0 Å². The molecule has 0 saturated carbocycles. The largest absolute Gasteiger partial charge is 0.477 e. The van der Waals surface area contributed by atoms with Crippen LogP contribution in [0.5, 0.6) is 0 Å². The van der Waals surface area contributed by atoms with Crippen LogP contribution >= 0.6 is 23.1 Å². The summed E-state index contributed by atoms with van der Waals surface area (Å²) in [5, 5.41) is 25.1. The molecular weight excluding hydrogens is 394 g/mol. The van der Waals surface area contributed by atoms with Crippen LogP contribution in [-0.4, -0.2) is 60.9 Å². The Morgan fingerprint density at radius 2 is 2.26 bits per heavy atom. The van der Waals surface area contributed by atoms with Gasteiger partial charge in [0.25, 0.3) is 11.8 Å². The van der Waals surface area contributed by atoms with Crippen LogP contribution in [0, 0.1) is 0 Å². The van der Waals surface area contributed by atoms with E-state index in [1.54, 1.807) is 19.1 Å². The van der Waals surface area contributed by atoms with E-state index in [0.717, 1.165) is 16.2 Å². The van der Waals surface area contributed by atoms with Crippen LogP contribution in [0.25, 0.3) is 0 Å². The van der Waals surface area contributed by atoms with Crippen molar-refractivity contribution in [2.75, 3.05) is 11.5 Å². The van der Waals surface area contributed by atoms with Crippen molar-refractivity contribution in [3.05, 3.63) is 34.5 Å². The molecule has 0 bridgehead atoms. The number of hydrogen-bond acceptors (Lipinski definition) is 9. The highest BCUT2D eigenvalue weighted by molar-refractivity contribution is 8.00. The van der Waals surface area contributed by atoms with Gasteiger partial charge >= 0.3 is 5.97 Å². The zero-order chi connectivity index (χ0) is 19.7. The van der Waals surface area contributed by atoms with Gasteiger partial charge in [0, 0.05) is 11.1 Å². The zero-order valence-corrected chi connectivity index (χ0v) is 15.6. The van der Waals surface area contributed by atoms with E-state index < -0.39 is 29.2 Å². The fourth-order valence-corrected chi connectivity index (χ4v) is 4.66. The number of anilines is 1. The number of nitrogen functional groups attached to an aromatic ring is 1. The fraction of sp³-hybridized carbons (Fsp3) is 0.267. The molecule has 5 N–H and O–H groups in total. The molecule has 1 unspecified atom stereocenters. The van der Waals surface area contributed by atoms with Gasteiger partial charge in [-0.25, -0.2) is 9.78 Å². The monoisotopic (exact) mass is 409 g/mol. The molecule has 2 amide bonds. The summed E-state index contributed by atoms with van der Waals surface area (Å²) in [4.78, 5) is 41.5. The minimum Gasteiger partial charge on any atom is -0.477 e. The summed E-state index contributed by atoms with van der Waals surface area (Å²) >= 11 is 2.41. The topological polar surface area (TPSA) is 158 Å². The lowest BCUT2D eigenvalue weighted by molar-refractivity contribution is -0.150. The molecule has 12 heteroatoms. The number of carbonyl (C=O) groups is 3. The van der Waals surface area contributed by atoms with Gasteiger partial charge in [0.1, 0.15) is 22.8 Å². The number of thiazole rings is 1. The molecule has 3 heterocycles. The average molecular weight is 409 g/mol. The van der Waals surface area contributed by atoms with Crippen molar-refractivity contribution in [3.8, 4) is 0 Å².